The molecule has 146 valence electrons. The monoisotopic (exact) mass is 364 g/mol. The summed E-state index contributed by atoms with van der Waals surface area (Å²) in [4.78, 5) is 0. The largest absolute Gasteiger partial charge is 0.393 e. The van der Waals surface area contributed by atoms with Crippen LogP contribution in [0.3, 0.4) is 0 Å². The molecule has 0 amide bonds. The van der Waals surface area contributed by atoms with Crippen LogP contribution in [0.1, 0.15) is 110 Å². The molecule has 0 fully saturated rings. The van der Waals surface area contributed by atoms with E-state index < -0.39 is 21.5 Å². The van der Waals surface area contributed by atoms with Gasteiger partial charge in [0.05, 0.1) is 11.4 Å². The van der Waals surface area contributed by atoms with Gasteiger partial charge in [0.1, 0.15) is 0 Å². The Hall–Kier alpha value is -0.130. The second-order valence-corrected chi connectivity index (χ2v) is 8.82. The van der Waals surface area contributed by atoms with Gasteiger partial charge in [0.25, 0.3) is 10.1 Å². The summed E-state index contributed by atoms with van der Waals surface area (Å²) in [5.74, 6) is 0. The van der Waals surface area contributed by atoms with Gasteiger partial charge in [-0.3, -0.25) is 4.55 Å². The molecular weight excluding hydrogens is 324 g/mol. The van der Waals surface area contributed by atoms with Crippen LogP contribution in [0.5, 0.6) is 0 Å². The number of hydrogen-bond donors (Lipinski definition) is 2. The van der Waals surface area contributed by atoms with Crippen molar-refractivity contribution in [3.63, 3.8) is 0 Å². The first kappa shape index (κ1) is 23.9. The molecule has 0 saturated heterocycles. The smallest absolute Gasteiger partial charge is 0.267 e. The number of rotatable bonds is 17. The highest BCUT2D eigenvalue weighted by molar-refractivity contribution is 7.86. The Morgan fingerprint density at radius 1 is 0.667 bits per heavy atom. The molecule has 2 N–H and O–H groups in total. The number of hydrogen-bond acceptors (Lipinski definition) is 3. The molecule has 0 aromatic rings. The predicted octanol–water partition coefficient (Wildman–Crippen LogP) is 5.50. The molecule has 0 heterocycles. The molecule has 0 aliphatic carbocycles. The van der Waals surface area contributed by atoms with E-state index in [1.54, 1.807) is 0 Å². The van der Waals surface area contributed by atoms with Gasteiger partial charge in [-0.05, 0) is 25.7 Å². The summed E-state index contributed by atoms with van der Waals surface area (Å²) in [6.45, 7) is 4.32. The van der Waals surface area contributed by atoms with Crippen LogP contribution < -0.4 is 0 Å². The summed E-state index contributed by atoms with van der Waals surface area (Å²) in [5, 5.41) is 9.33. The summed E-state index contributed by atoms with van der Waals surface area (Å²) >= 11 is 0. The lowest BCUT2D eigenvalue weighted by atomic mass is 10.0. The van der Waals surface area contributed by atoms with Crippen LogP contribution in [-0.4, -0.2) is 29.4 Å². The molecule has 0 rings (SSSR count). The molecule has 0 aliphatic rings. The second-order valence-electron chi connectivity index (χ2n) is 7.13. The number of aliphatic hydroxyl groups is 1. The van der Waals surface area contributed by atoms with Gasteiger partial charge in [0, 0.05) is 0 Å². The molecule has 0 spiro atoms. The second kappa shape index (κ2) is 15.2. The minimum Gasteiger partial charge on any atom is -0.393 e. The van der Waals surface area contributed by atoms with E-state index in [4.69, 9.17) is 0 Å². The predicted molar refractivity (Wildman–Crippen MR) is 102 cm³/mol. The van der Waals surface area contributed by atoms with E-state index in [0.29, 0.717) is 19.3 Å². The van der Waals surface area contributed by atoms with Crippen LogP contribution in [-0.2, 0) is 10.1 Å². The van der Waals surface area contributed by atoms with E-state index in [2.05, 4.69) is 13.8 Å². The zero-order valence-corrected chi connectivity index (χ0v) is 16.7. The molecule has 0 radical (unpaired) electrons. The van der Waals surface area contributed by atoms with Crippen molar-refractivity contribution >= 4 is 10.1 Å². The average Bonchev–Trinajstić information content (AvgIpc) is 2.52. The van der Waals surface area contributed by atoms with Gasteiger partial charge < -0.3 is 5.11 Å². The third-order valence-electron chi connectivity index (χ3n) is 4.76. The van der Waals surface area contributed by atoms with Gasteiger partial charge in [-0.15, -0.1) is 0 Å². The Balaban J connectivity index is 3.86. The van der Waals surface area contributed by atoms with E-state index in [1.165, 1.54) is 32.1 Å². The summed E-state index contributed by atoms with van der Waals surface area (Å²) in [6, 6.07) is 0. The Labute approximate surface area is 150 Å². The maximum Gasteiger partial charge on any atom is 0.267 e. The van der Waals surface area contributed by atoms with Crippen LogP contribution in [0.15, 0.2) is 0 Å². The first-order valence-electron chi connectivity index (χ1n) is 10.1. The molecule has 0 aromatic carbocycles. The average molecular weight is 365 g/mol. The topological polar surface area (TPSA) is 74.6 Å². The summed E-state index contributed by atoms with van der Waals surface area (Å²) < 4.78 is 32.3. The van der Waals surface area contributed by atoms with E-state index in [1.807, 2.05) is 0 Å². The molecule has 0 bridgehead atoms. The minimum atomic E-state index is -4.00. The van der Waals surface area contributed by atoms with E-state index >= 15 is 0 Å². The Bertz CT molecular complexity index is 368. The fraction of sp³-hybridized carbons (Fsp3) is 1.00. The van der Waals surface area contributed by atoms with Crippen LogP contribution >= 0.6 is 0 Å². The van der Waals surface area contributed by atoms with Gasteiger partial charge >= 0.3 is 0 Å². The van der Waals surface area contributed by atoms with Gasteiger partial charge in [0.15, 0.2) is 0 Å². The highest BCUT2D eigenvalue weighted by Gasteiger charge is 2.23. The quantitative estimate of drug-likeness (QED) is 0.264. The van der Waals surface area contributed by atoms with Crippen molar-refractivity contribution in [3.05, 3.63) is 0 Å². The van der Waals surface area contributed by atoms with Gasteiger partial charge in [0.2, 0.25) is 0 Å². The maximum atomic E-state index is 11.5. The normalized spacial score (nSPS) is 14.7. The molecule has 4 nitrogen and oxygen atoms in total. The highest BCUT2D eigenvalue weighted by atomic mass is 32.2. The number of unbranched alkanes of at least 4 members (excludes halogenated alkanes) is 9. The third kappa shape index (κ3) is 14.2. The summed E-state index contributed by atoms with van der Waals surface area (Å²) in [6.07, 6.45) is 14.1. The van der Waals surface area contributed by atoms with Crippen molar-refractivity contribution in [1.82, 2.24) is 0 Å². The molecular formula is C19H40O4S. The van der Waals surface area contributed by atoms with Gasteiger partial charge in [-0.25, -0.2) is 0 Å². The lowest BCUT2D eigenvalue weighted by molar-refractivity contribution is 0.147. The van der Waals surface area contributed by atoms with E-state index in [-0.39, 0.29) is 0 Å². The van der Waals surface area contributed by atoms with E-state index in [9.17, 15) is 18.1 Å². The first-order valence-corrected chi connectivity index (χ1v) is 11.6. The lowest BCUT2D eigenvalue weighted by Crippen LogP contribution is -2.22. The molecule has 5 heteroatoms. The van der Waals surface area contributed by atoms with Crippen molar-refractivity contribution in [2.75, 3.05) is 0 Å². The molecule has 2 unspecified atom stereocenters. The Morgan fingerprint density at radius 2 is 1.12 bits per heavy atom. The Morgan fingerprint density at radius 3 is 1.67 bits per heavy atom. The van der Waals surface area contributed by atoms with Crippen LogP contribution in [0.25, 0.3) is 0 Å². The fourth-order valence-electron chi connectivity index (χ4n) is 3.10. The molecule has 24 heavy (non-hydrogen) atoms. The van der Waals surface area contributed by atoms with Crippen molar-refractivity contribution in [1.29, 1.82) is 0 Å². The van der Waals surface area contributed by atoms with Gasteiger partial charge in [-0.1, -0.05) is 84.5 Å². The molecule has 0 aromatic heterocycles. The molecule has 0 aliphatic heterocycles. The van der Waals surface area contributed by atoms with E-state index in [0.717, 1.165) is 44.9 Å². The standard InChI is InChI=1S/C19H40O4S/c1-3-5-7-9-10-11-12-14-18(20)16-17-19(24(21,22)23)15-13-8-6-4-2/h18-20H,3-17H2,1-2H3,(H,21,22,23). The highest BCUT2D eigenvalue weighted by Crippen LogP contribution is 2.19. The number of aliphatic hydroxyl groups excluding tert-OH is 1. The van der Waals surface area contributed by atoms with Crippen molar-refractivity contribution in [2.24, 2.45) is 0 Å². The van der Waals surface area contributed by atoms with Gasteiger partial charge in [-0.2, -0.15) is 8.42 Å². The molecule has 2 atom stereocenters. The zero-order chi connectivity index (χ0) is 18.3. The zero-order valence-electron chi connectivity index (χ0n) is 15.9. The minimum absolute atomic E-state index is 0.364. The first-order chi connectivity index (χ1) is 11.4. The van der Waals surface area contributed by atoms with Crippen LogP contribution in [0.4, 0.5) is 0 Å². The maximum absolute atomic E-state index is 11.5. The third-order valence-corrected chi connectivity index (χ3v) is 6.08. The van der Waals surface area contributed by atoms with Crippen molar-refractivity contribution in [3.8, 4) is 0 Å². The SMILES string of the molecule is CCCCCCCCCC(O)CCC(CCCCCC)S(=O)(=O)O. The van der Waals surface area contributed by atoms with Crippen LogP contribution in [0, 0.1) is 0 Å². The lowest BCUT2D eigenvalue weighted by Gasteiger charge is -2.16. The summed E-state index contributed by atoms with van der Waals surface area (Å²) in [7, 11) is -4.00. The van der Waals surface area contributed by atoms with Crippen LogP contribution in [0.2, 0.25) is 0 Å². The molecule has 0 saturated carbocycles. The Kier molecular flexibility index (Phi) is 15.1. The van der Waals surface area contributed by atoms with Crippen molar-refractivity contribution < 1.29 is 18.1 Å². The fourth-order valence-corrected chi connectivity index (χ4v) is 4.00. The van der Waals surface area contributed by atoms with Crippen molar-refractivity contribution in [2.45, 2.75) is 122 Å². The summed E-state index contributed by atoms with van der Waals surface area (Å²) in [5.41, 5.74) is 0.